The summed E-state index contributed by atoms with van der Waals surface area (Å²) < 4.78 is 0. The zero-order valence-corrected chi connectivity index (χ0v) is 13.7. The molecule has 1 atom stereocenters. The molecule has 2 rings (SSSR count). The van der Waals surface area contributed by atoms with Crippen molar-refractivity contribution in [2.45, 2.75) is 51.6 Å². The lowest BCUT2D eigenvalue weighted by Crippen LogP contribution is -2.51. The minimum absolute atomic E-state index is 0.267. The number of benzene rings is 1. The number of halogens is 1. The molecule has 1 aliphatic heterocycles. The van der Waals surface area contributed by atoms with E-state index < -0.39 is 0 Å². The Morgan fingerprint density at radius 3 is 2.75 bits per heavy atom. The summed E-state index contributed by atoms with van der Waals surface area (Å²) in [7, 11) is 0. The van der Waals surface area contributed by atoms with Gasteiger partial charge in [0, 0.05) is 29.7 Å². The first-order chi connectivity index (χ1) is 9.60. The van der Waals surface area contributed by atoms with Crippen molar-refractivity contribution in [2.75, 3.05) is 19.6 Å². The van der Waals surface area contributed by atoms with Crippen molar-refractivity contribution in [3.8, 4) is 0 Å². The third kappa shape index (κ3) is 3.55. The van der Waals surface area contributed by atoms with Crippen LogP contribution in [0.25, 0.3) is 0 Å². The van der Waals surface area contributed by atoms with E-state index in [9.17, 15) is 0 Å². The van der Waals surface area contributed by atoms with Gasteiger partial charge in [-0.3, -0.25) is 4.90 Å². The molecular formula is C17H27ClN2. The second-order valence-corrected chi connectivity index (χ2v) is 6.41. The molecule has 3 heteroatoms. The summed E-state index contributed by atoms with van der Waals surface area (Å²) in [6.45, 7) is 10.3. The number of hydrogen-bond acceptors (Lipinski definition) is 2. The lowest BCUT2D eigenvalue weighted by molar-refractivity contribution is 0.157. The van der Waals surface area contributed by atoms with Crippen LogP contribution >= 0.6 is 11.6 Å². The van der Waals surface area contributed by atoms with Crippen molar-refractivity contribution in [2.24, 2.45) is 0 Å². The Morgan fingerprint density at radius 1 is 1.35 bits per heavy atom. The topological polar surface area (TPSA) is 15.3 Å². The van der Waals surface area contributed by atoms with E-state index in [0.717, 1.165) is 24.7 Å². The number of nitrogens with zero attached hydrogens (tertiary/aromatic N) is 1. The highest BCUT2D eigenvalue weighted by atomic mass is 35.5. The Bertz CT molecular complexity index is 429. The lowest BCUT2D eigenvalue weighted by atomic mass is 9.91. The summed E-state index contributed by atoms with van der Waals surface area (Å²) in [5, 5.41) is 4.61. The van der Waals surface area contributed by atoms with Gasteiger partial charge in [0.25, 0.3) is 0 Å². The van der Waals surface area contributed by atoms with Crippen LogP contribution in [0.1, 0.15) is 51.6 Å². The molecule has 20 heavy (non-hydrogen) atoms. The maximum Gasteiger partial charge on any atom is 0.0409 e. The second kappa shape index (κ2) is 6.93. The molecule has 1 aromatic carbocycles. The van der Waals surface area contributed by atoms with Crippen molar-refractivity contribution in [3.63, 3.8) is 0 Å². The van der Waals surface area contributed by atoms with Crippen LogP contribution in [0.5, 0.6) is 0 Å². The van der Waals surface area contributed by atoms with E-state index >= 15 is 0 Å². The van der Waals surface area contributed by atoms with Gasteiger partial charge in [-0.05, 0) is 50.4 Å². The van der Waals surface area contributed by atoms with E-state index in [0.29, 0.717) is 6.04 Å². The fourth-order valence-electron chi connectivity index (χ4n) is 3.19. The standard InChI is InChI=1S/C17H27ClN2/c1-4-17(5-2)13-20(11-7-10-19-17)14(3)15-8-6-9-16(18)12-15/h6,8-9,12,14,19H,4-5,7,10-11,13H2,1-3H3. The minimum Gasteiger partial charge on any atom is -0.310 e. The molecule has 0 radical (unpaired) electrons. The summed E-state index contributed by atoms with van der Waals surface area (Å²) in [6, 6.07) is 8.71. The predicted molar refractivity (Wildman–Crippen MR) is 87.4 cm³/mol. The molecule has 1 aliphatic rings. The van der Waals surface area contributed by atoms with Crippen molar-refractivity contribution < 1.29 is 0 Å². The molecule has 1 fully saturated rings. The molecule has 0 bridgehead atoms. The van der Waals surface area contributed by atoms with Gasteiger partial charge in [0.1, 0.15) is 0 Å². The van der Waals surface area contributed by atoms with Gasteiger partial charge < -0.3 is 5.32 Å². The molecule has 1 saturated heterocycles. The summed E-state index contributed by atoms with van der Waals surface area (Å²) in [5.41, 5.74) is 1.59. The second-order valence-electron chi connectivity index (χ2n) is 5.97. The Hall–Kier alpha value is -0.570. The van der Waals surface area contributed by atoms with E-state index in [1.165, 1.54) is 24.8 Å². The third-order valence-electron chi connectivity index (χ3n) is 4.86. The molecule has 112 valence electrons. The van der Waals surface area contributed by atoms with Gasteiger partial charge >= 0.3 is 0 Å². The van der Waals surface area contributed by atoms with Gasteiger partial charge in [0.15, 0.2) is 0 Å². The minimum atomic E-state index is 0.267. The van der Waals surface area contributed by atoms with Crippen LogP contribution < -0.4 is 5.32 Å². The fraction of sp³-hybridized carbons (Fsp3) is 0.647. The first kappa shape index (κ1) is 15.8. The molecule has 1 aromatic rings. The van der Waals surface area contributed by atoms with Crippen LogP contribution in [0.4, 0.5) is 0 Å². The molecule has 1 unspecified atom stereocenters. The molecular weight excluding hydrogens is 268 g/mol. The van der Waals surface area contributed by atoms with Gasteiger partial charge in [-0.15, -0.1) is 0 Å². The van der Waals surface area contributed by atoms with Crippen LogP contribution in [-0.2, 0) is 0 Å². The third-order valence-corrected chi connectivity index (χ3v) is 5.10. The van der Waals surface area contributed by atoms with Crippen LogP contribution in [0.3, 0.4) is 0 Å². The van der Waals surface area contributed by atoms with Crippen molar-refractivity contribution in [3.05, 3.63) is 34.9 Å². The fourth-order valence-corrected chi connectivity index (χ4v) is 3.39. The molecule has 0 amide bonds. The van der Waals surface area contributed by atoms with Gasteiger partial charge in [-0.2, -0.15) is 0 Å². The van der Waals surface area contributed by atoms with Crippen molar-refractivity contribution >= 4 is 11.6 Å². The highest BCUT2D eigenvalue weighted by Crippen LogP contribution is 2.28. The van der Waals surface area contributed by atoms with Crippen molar-refractivity contribution in [1.29, 1.82) is 0 Å². The molecule has 0 saturated carbocycles. The average Bonchev–Trinajstić information content (AvgIpc) is 2.69. The summed E-state index contributed by atoms with van der Waals surface area (Å²) in [5.74, 6) is 0. The van der Waals surface area contributed by atoms with E-state index in [2.05, 4.69) is 49.2 Å². The zero-order chi connectivity index (χ0) is 14.6. The van der Waals surface area contributed by atoms with Crippen LogP contribution in [0.2, 0.25) is 5.02 Å². The maximum absolute atomic E-state index is 6.14. The van der Waals surface area contributed by atoms with Crippen LogP contribution in [-0.4, -0.2) is 30.1 Å². The normalized spacial score (nSPS) is 21.4. The molecule has 1 N–H and O–H groups in total. The van der Waals surface area contributed by atoms with Gasteiger partial charge in [-0.1, -0.05) is 37.6 Å². The van der Waals surface area contributed by atoms with Gasteiger partial charge in [0.2, 0.25) is 0 Å². The monoisotopic (exact) mass is 294 g/mol. The summed E-state index contributed by atoms with van der Waals surface area (Å²) in [4.78, 5) is 2.61. The van der Waals surface area contributed by atoms with Gasteiger partial charge in [-0.25, -0.2) is 0 Å². The lowest BCUT2D eigenvalue weighted by Gasteiger charge is -2.38. The van der Waals surface area contributed by atoms with E-state index in [-0.39, 0.29) is 5.54 Å². The average molecular weight is 295 g/mol. The number of nitrogens with one attached hydrogen (secondary N) is 1. The van der Waals surface area contributed by atoms with Crippen LogP contribution in [0, 0.1) is 0 Å². The van der Waals surface area contributed by atoms with Crippen LogP contribution in [0.15, 0.2) is 24.3 Å². The van der Waals surface area contributed by atoms with Gasteiger partial charge in [0.05, 0.1) is 0 Å². The Morgan fingerprint density at radius 2 is 2.10 bits per heavy atom. The molecule has 0 spiro atoms. The highest BCUT2D eigenvalue weighted by Gasteiger charge is 2.32. The first-order valence-electron chi connectivity index (χ1n) is 7.85. The largest absolute Gasteiger partial charge is 0.310 e. The van der Waals surface area contributed by atoms with E-state index in [4.69, 9.17) is 11.6 Å². The van der Waals surface area contributed by atoms with E-state index in [1.54, 1.807) is 0 Å². The molecule has 1 heterocycles. The maximum atomic E-state index is 6.14. The SMILES string of the molecule is CCC1(CC)CN(C(C)c2cccc(Cl)c2)CCCN1. The smallest absolute Gasteiger partial charge is 0.0409 e. The molecule has 0 aliphatic carbocycles. The van der Waals surface area contributed by atoms with E-state index in [1.807, 2.05) is 6.07 Å². The highest BCUT2D eigenvalue weighted by molar-refractivity contribution is 6.30. The summed E-state index contributed by atoms with van der Waals surface area (Å²) >= 11 is 6.14. The predicted octanol–water partition coefficient (Wildman–Crippen LogP) is 4.26. The van der Waals surface area contributed by atoms with Crippen molar-refractivity contribution in [1.82, 2.24) is 10.2 Å². The zero-order valence-electron chi connectivity index (χ0n) is 13.0. The quantitative estimate of drug-likeness (QED) is 0.893. The Labute approximate surface area is 128 Å². The Balaban J connectivity index is 2.17. The number of hydrogen-bond donors (Lipinski definition) is 1. The Kier molecular flexibility index (Phi) is 5.48. The summed E-state index contributed by atoms with van der Waals surface area (Å²) in [6.07, 6.45) is 3.58. The first-order valence-corrected chi connectivity index (χ1v) is 8.22. The molecule has 2 nitrogen and oxygen atoms in total. The molecule has 0 aromatic heterocycles. The number of rotatable bonds is 4.